The number of aromatic nitrogens is 3. The second kappa shape index (κ2) is 9.47. The summed E-state index contributed by atoms with van der Waals surface area (Å²) < 4.78 is 1.70. The molecule has 0 unspecified atom stereocenters. The maximum absolute atomic E-state index is 13.5. The Morgan fingerprint density at radius 3 is 2.29 bits per heavy atom. The van der Waals surface area contributed by atoms with Crippen LogP contribution in [-0.2, 0) is 11.3 Å². The van der Waals surface area contributed by atoms with Gasteiger partial charge < -0.3 is 9.80 Å². The third-order valence-electron chi connectivity index (χ3n) is 6.43. The zero-order valence-corrected chi connectivity index (χ0v) is 19.2. The summed E-state index contributed by atoms with van der Waals surface area (Å²) >= 11 is 0. The van der Waals surface area contributed by atoms with E-state index in [1.165, 1.54) is 0 Å². The lowest BCUT2D eigenvalue weighted by molar-refractivity contribution is -0.132. The number of carbonyl (C=O) groups is 1. The molecular weight excluding hydrogens is 426 g/mol. The number of rotatable bonds is 5. The van der Waals surface area contributed by atoms with Crippen molar-refractivity contribution in [2.45, 2.75) is 19.4 Å². The number of amides is 1. The van der Waals surface area contributed by atoms with Gasteiger partial charge in [-0.3, -0.25) is 14.2 Å². The number of fused-ring (bicyclic) bond motifs is 1. The largest absolute Gasteiger partial charge is 0.348 e. The zero-order chi connectivity index (χ0) is 23.5. The predicted molar refractivity (Wildman–Crippen MR) is 133 cm³/mol. The van der Waals surface area contributed by atoms with E-state index in [4.69, 9.17) is 0 Å². The van der Waals surface area contributed by atoms with E-state index in [9.17, 15) is 9.59 Å². The van der Waals surface area contributed by atoms with Gasteiger partial charge in [0, 0.05) is 32.4 Å². The minimum absolute atomic E-state index is 0.114. The molecule has 0 saturated carbocycles. The average molecular weight is 454 g/mol. The van der Waals surface area contributed by atoms with Crippen LogP contribution in [0.25, 0.3) is 11.2 Å². The standard InChI is InChI=1S/C27H27N5O2/c1-20(22-11-6-3-7-12-22)26(33)31-17-15-30(16-18-31)25-27(34)32(19-21-9-4-2-5-10-21)24-23(29-25)13-8-14-28-24/h2-14,20H,15-19H2,1H3/t20-/m0/s1. The molecular formula is C27H27N5O2. The molecule has 2 aromatic carbocycles. The van der Waals surface area contributed by atoms with Crippen molar-refractivity contribution in [3.05, 3.63) is 100 Å². The van der Waals surface area contributed by atoms with Crippen molar-refractivity contribution in [2.75, 3.05) is 31.1 Å². The number of nitrogens with zero attached hydrogens (tertiary/aromatic N) is 5. The molecule has 3 heterocycles. The summed E-state index contributed by atoms with van der Waals surface area (Å²) in [7, 11) is 0. The number of hydrogen-bond acceptors (Lipinski definition) is 5. The molecule has 0 aliphatic carbocycles. The van der Waals surface area contributed by atoms with E-state index in [0.29, 0.717) is 49.7 Å². The molecule has 5 rings (SSSR count). The van der Waals surface area contributed by atoms with E-state index in [2.05, 4.69) is 9.97 Å². The van der Waals surface area contributed by atoms with Crippen LogP contribution in [-0.4, -0.2) is 51.5 Å². The van der Waals surface area contributed by atoms with Crippen LogP contribution in [0.15, 0.2) is 83.8 Å². The van der Waals surface area contributed by atoms with Crippen molar-refractivity contribution >= 4 is 22.9 Å². The molecule has 1 aliphatic rings. The van der Waals surface area contributed by atoms with Gasteiger partial charge in [-0.25, -0.2) is 9.97 Å². The van der Waals surface area contributed by atoms with E-state index < -0.39 is 0 Å². The number of hydrogen-bond donors (Lipinski definition) is 0. The third-order valence-corrected chi connectivity index (χ3v) is 6.43. The molecule has 172 valence electrons. The quantitative estimate of drug-likeness (QED) is 0.464. The molecule has 7 nitrogen and oxygen atoms in total. The fourth-order valence-corrected chi connectivity index (χ4v) is 4.48. The van der Waals surface area contributed by atoms with Gasteiger partial charge in [-0.2, -0.15) is 0 Å². The molecule has 4 aromatic rings. The lowest BCUT2D eigenvalue weighted by Crippen LogP contribution is -2.51. The summed E-state index contributed by atoms with van der Waals surface area (Å²) in [6.45, 7) is 4.61. The minimum Gasteiger partial charge on any atom is -0.348 e. The Kier molecular flexibility index (Phi) is 6.08. The normalized spacial score (nSPS) is 14.9. The van der Waals surface area contributed by atoms with E-state index in [1.54, 1.807) is 10.8 Å². The van der Waals surface area contributed by atoms with Crippen molar-refractivity contribution in [1.29, 1.82) is 0 Å². The SMILES string of the molecule is C[C@H](C(=O)N1CCN(c2nc3cccnc3n(Cc3ccccc3)c2=O)CC1)c1ccccc1. The summed E-state index contributed by atoms with van der Waals surface area (Å²) in [4.78, 5) is 39.6. The molecule has 0 bridgehead atoms. The Labute approximate surface area is 198 Å². The summed E-state index contributed by atoms with van der Waals surface area (Å²) in [6.07, 6.45) is 1.68. The van der Waals surface area contributed by atoms with Crippen LogP contribution in [0.3, 0.4) is 0 Å². The lowest BCUT2D eigenvalue weighted by atomic mass is 9.99. The highest BCUT2D eigenvalue weighted by atomic mass is 16.2. The van der Waals surface area contributed by atoms with Crippen LogP contribution in [0.2, 0.25) is 0 Å². The Morgan fingerprint density at radius 2 is 1.59 bits per heavy atom. The lowest BCUT2D eigenvalue weighted by Gasteiger charge is -2.36. The molecule has 1 amide bonds. The van der Waals surface area contributed by atoms with Crippen LogP contribution in [0.4, 0.5) is 5.82 Å². The number of pyridine rings is 1. The Balaban J connectivity index is 1.38. The molecule has 0 radical (unpaired) electrons. The van der Waals surface area contributed by atoms with Gasteiger partial charge in [-0.05, 0) is 30.2 Å². The van der Waals surface area contributed by atoms with Crippen molar-refractivity contribution in [2.24, 2.45) is 0 Å². The smallest absolute Gasteiger partial charge is 0.295 e. The molecule has 2 aromatic heterocycles. The van der Waals surface area contributed by atoms with Crippen LogP contribution < -0.4 is 10.5 Å². The van der Waals surface area contributed by atoms with Gasteiger partial charge in [-0.1, -0.05) is 60.7 Å². The topological polar surface area (TPSA) is 71.3 Å². The number of carbonyl (C=O) groups excluding carboxylic acids is 1. The molecule has 7 heteroatoms. The summed E-state index contributed by atoms with van der Waals surface area (Å²) in [5.74, 6) is 0.336. The van der Waals surface area contributed by atoms with E-state index >= 15 is 0 Å². The summed E-state index contributed by atoms with van der Waals surface area (Å²) in [6, 6.07) is 23.4. The number of piperazine rings is 1. The summed E-state index contributed by atoms with van der Waals surface area (Å²) in [5.41, 5.74) is 3.14. The molecule has 0 N–H and O–H groups in total. The molecule has 1 fully saturated rings. The Bertz CT molecular complexity index is 1350. The fourth-order valence-electron chi connectivity index (χ4n) is 4.48. The monoisotopic (exact) mass is 453 g/mol. The predicted octanol–water partition coefficient (Wildman–Crippen LogP) is 3.29. The van der Waals surface area contributed by atoms with E-state index in [-0.39, 0.29) is 17.4 Å². The van der Waals surface area contributed by atoms with Gasteiger partial charge in [0.15, 0.2) is 11.5 Å². The Morgan fingerprint density at radius 1 is 0.912 bits per heavy atom. The van der Waals surface area contributed by atoms with Crippen molar-refractivity contribution in [1.82, 2.24) is 19.4 Å². The second-order valence-corrected chi connectivity index (χ2v) is 8.60. The highest BCUT2D eigenvalue weighted by molar-refractivity contribution is 5.83. The van der Waals surface area contributed by atoms with Crippen LogP contribution in [0.5, 0.6) is 0 Å². The minimum atomic E-state index is -0.194. The first-order valence-electron chi connectivity index (χ1n) is 11.6. The van der Waals surface area contributed by atoms with Gasteiger partial charge in [0.2, 0.25) is 5.91 Å². The first-order chi connectivity index (χ1) is 16.6. The van der Waals surface area contributed by atoms with Crippen LogP contribution in [0, 0.1) is 0 Å². The molecule has 1 saturated heterocycles. The maximum Gasteiger partial charge on any atom is 0.295 e. The molecule has 34 heavy (non-hydrogen) atoms. The fraction of sp³-hybridized carbons (Fsp3) is 0.259. The van der Waals surface area contributed by atoms with Gasteiger partial charge in [0.1, 0.15) is 5.52 Å². The highest BCUT2D eigenvalue weighted by Crippen LogP contribution is 2.20. The van der Waals surface area contributed by atoms with Gasteiger partial charge in [0.25, 0.3) is 5.56 Å². The maximum atomic E-state index is 13.5. The van der Waals surface area contributed by atoms with Crippen molar-refractivity contribution < 1.29 is 4.79 Å². The van der Waals surface area contributed by atoms with Crippen LogP contribution in [0.1, 0.15) is 24.0 Å². The first kappa shape index (κ1) is 21.8. The van der Waals surface area contributed by atoms with E-state index in [0.717, 1.165) is 11.1 Å². The number of benzene rings is 2. The highest BCUT2D eigenvalue weighted by Gasteiger charge is 2.28. The number of anilines is 1. The zero-order valence-electron chi connectivity index (χ0n) is 19.2. The first-order valence-corrected chi connectivity index (χ1v) is 11.6. The van der Waals surface area contributed by atoms with Crippen molar-refractivity contribution in [3.63, 3.8) is 0 Å². The van der Waals surface area contributed by atoms with Crippen molar-refractivity contribution in [3.8, 4) is 0 Å². The Hall–Kier alpha value is -4.00. The van der Waals surface area contributed by atoms with Gasteiger partial charge in [-0.15, -0.1) is 0 Å². The molecule has 1 aliphatic heterocycles. The second-order valence-electron chi connectivity index (χ2n) is 8.60. The molecule has 0 spiro atoms. The average Bonchev–Trinajstić information content (AvgIpc) is 2.90. The van der Waals surface area contributed by atoms with Gasteiger partial charge in [0.05, 0.1) is 12.5 Å². The van der Waals surface area contributed by atoms with E-state index in [1.807, 2.05) is 89.5 Å². The molecule has 1 atom stereocenters. The van der Waals surface area contributed by atoms with Gasteiger partial charge >= 0.3 is 0 Å². The summed E-state index contributed by atoms with van der Waals surface area (Å²) in [5, 5.41) is 0. The van der Waals surface area contributed by atoms with Crippen LogP contribution >= 0.6 is 0 Å². The third kappa shape index (κ3) is 4.29.